The number of rotatable bonds is 5. The molecule has 1 aliphatic heterocycles. The summed E-state index contributed by atoms with van der Waals surface area (Å²) in [7, 11) is 1.71. The Hall–Kier alpha value is -2.60. The first-order chi connectivity index (χ1) is 12.5. The highest BCUT2D eigenvalue weighted by molar-refractivity contribution is 5.51. The Morgan fingerprint density at radius 1 is 1.04 bits per heavy atom. The number of aryl methyl sites for hydroxylation is 2. The van der Waals surface area contributed by atoms with E-state index in [1.54, 1.807) is 19.2 Å². The number of nitrogens with zero attached hydrogens (tertiary/aromatic N) is 3. The SMILES string of the molecule is COc1cc(C)c(CN2CCN(c3ccc([N+](=O)[O-])cc3)CC2)cc1C. The zero-order chi connectivity index (χ0) is 18.7. The molecule has 0 aromatic heterocycles. The third-order valence-electron chi connectivity index (χ3n) is 5.05. The molecule has 0 unspecified atom stereocenters. The smallest absolute Gasteiger partial charge is 0.269 e. The van der Waals surface area contributed by atoms with Crippen molar-refractivity contribution in [2.45, 2.75) is 20.4 Å². The molecule has 1 fully saturated rings. The van der Waals surface area contributed by atoms with Gasteiger partial charge in [-0.3, -0.25) is 15.0 Å². The number of nitro groups is 1. The number of hydrogen-bond acceptors (Lipinski definition) is 5. The second-order valence-electron chi connectivity index (χ2n) is 6.79. The normalized spacial score (nSPS) is 15.1. The fourth-order valence-corrected chi connectivity index (χ4v) is 3.43. The van der Waals surface area contributed by atoms with Crippen molar-refractivity contribution in [1.29, 1.82) is 0 Å². The molecule has 0 atom stereocenters. The van der Waals surface area contributed by atoms with Crippen LogP contribution in [0.2, 0.25) is 0 Å². The van der Waals surface area contributed by atoms with Crippen molar-refractivity contribution >= 4 is 11.4 Å². The Balaban J connectivity index is 1.60. The van der Waals surface area contributed by atoms with Gasteiger partial charge in [-0.1, -0.05) is 6.07 Å². The molecule has 0 N–H and O–H groups in total. The van der Waals surface area contributed by atoms with Crippen LogP contribution in [-0.2, 0) is 6.54 Å². The molecule has 6 nitrogen and oxygen atoms in total. The fourth-order valence-electron chi connectivity index (χ4n) is 3.43. The Kier molecular flexibility index (Phi) is 5.42. The summed E-state index contributed by atoms with van der Waals surface area (Å²) >= 11 is 0. The Bertz CT molecular complexity index is 782. The zero-order valence-corrected chi connectivity index (χ0v) is 15.6. The molecule has 1 heterocycles. The molecule has 6 heteroatoms. The molecular formula is C20H25N3O3. The Morgan fingerprint density at radius 2 is 1.69 bits per heavy atom. The first-order valence-corrected chi connectivity index (χ1v) is 8.84. The predicted octanol–water partition coefficient (Wildman–Crippen LogP) is 3.54. The van der Waals surface area contributed by atoms with Crippen LogP contribution < -0.4 is 9.64 Å². The molecule has 138 valence electrons. The maximum absolute atomic E-state index is 10.8. The van der Waals surface area contributed by atoms with Gasteiger partial charge < -0.3 is 9.64 Å². The highest BCUT2D eigenvalue weighted by atomic mass is 16.6. The first kappa shape index (κ1) is 18.2. The molecule has 0 saturated carbocycles. The van der Waals surface area contributed by atoms with Crippen LogP contribution in [0.5, 0.6) is 5.75 Å². The third-order valence-corrected chi connectivity index (χ3v) is 5.05. The van der Waals surface area contributed by atoms with Crippen LogP contribution in [0.4, 0.5) is 11.4 Å². The van der Waals surface area contributed by atoms with E-state index in [2.05, 4.69) is 35.8 Å². The van der Waals surface area contributed by atoms with E-state index in [0.717, 1.165) is 49.7 Å². The molecule has 0 aliphatic carbocycles. The van der Waals surface area contributed by atoms with Crippen molar-refractivity contribution in [3.8, 4) is 5.75 Å². The lowest BCUT2D eigenvalue weighted by atomic mass is 10.0. The monoisotopic (exact) mass is 355 g/mol. The van der Waals surface area contributed by atoms with Gasteiger partial charge in [0.05, 0.1) is 12.0 Å². The van der Waals surface area contributed by atoms with E-state index in [0.29, 0.717) is 0 Å². The highest BCUT2D eigenvalue weighted by Gasteiger charge is 2.19. The van der Waals surface area contributed by atoms with Gasteiger partial charge >= 0.3 is 0 Å². The summed E-state index contributed by atoms with van der Waals surface area (Å²) in [6.45, 7) is 8.94. The van der Waals surface area contributed by atoms with E-state index < -0.39 is 0 Å². The van der Waals surface area contributed by atoms with E-state index in [1.807, 2.05) is 12.1 Å². The van der Waals surface area contributed by atoms with Crippen LogP contribution in [0.1, 0.15) is 16.7 Å². The second-order valence-corrected chi connectivity index (χ2v) is 6.79. The first-order valence-electron chi connectivity index (χ1n) is 8.84. The topological polar surface area (TPSA) is 58.8 Å². The summed E-state index contributed by atoms with van der Waals surface area (Å²) in [6, 6.07) is 11.2. The van der Waals surface area contributed by atoms with Gasteiger partial charge in [0.1, 0.15) is 5.75 Å². The summed E-state index contributed by atoms with van der Waals surface area (Å²) in [5.74, 6) is 0.939. The van der Waals surface area contributed by atoms with Gasteiger partial charge in [0.2, 0.25) is 0 Å². The fraction of sp³-hybridized carbons (Fsp3) is 0.400. The van der Waals surface area contributed by atoms with Crippen molar-refractivity contribution in [1.82, 2.24) is 4.90 Å². The van der Waals surface area contributed by atoms with E-state index in [1.165, 1.54) is 11.1 Å². The van der Waals surface area contributed by atoms with Crippen molar-refractivity contribution in [3.63, 3.8) is 0 Å². The quantitative estimate of drug-likeness (QED) is 0.606. The summed E-state index contributed by atoms with van der Waals surface area (Å²) in [5.41, 5.74) is 4.94. The van der Waals surface area contributed by atoms with Crippen LogP contribution in [0.15, 0.2) is 36.4 Å². The predicted molar refractivity (Wildman–Crippen MR) is 103 cm³/mol. The van der Waals surface area contributed by atoms with Gasteiger partial charge in [0.25, 0.3) is 5.69 Å². The van der Waals surface area contributed by atoms with Crippen molar-refractivity contribution in [2.24, 2.45) is 0 Å². The van der Waals surface area contributed by atoms with Crippen molar-refractivity contribution in [3.05, 3.63) is 63.2 Å². The molecule has 26 heavy (non-hydrogen) atoms. The third kappa shape index (κ3) is 3.96. The molecule has 2 aromatic carbocycles. The Morgan fingerprint density at radius 3 is 2.27 bits per heavy atom. The van der Waals surface area contributed by atoms with Crippen LogP contribution in [0, 0.1) is 24.0 Å². The number of non-ortho nitro benzene ring substituents is 1. The molecule has 0 spiro atoms. The van der Waals surface area contributed by atoms with Gasteiger partial charge in [-0.15, -0.1) is 0 Å². The summed E-state index contributed by atoms with van der Waals surface area (Å²) in [6.07, 6.45) is 0. The lowest BCUT2D eigenvalue weighted by Crippen LogP contribution is -2.46. The summed E-state index contributed by atoms with van der Waals surface area (Å²) < 4.78 is 5.39. The van der Waals surface area contributed by atoms with E-state index in [4.69, 9.17) is 4.74 Å². The van der Waals surface area contributed by atoms with Crippen molar-refractivity contribution < 1.29 is 9.66 Å². The van der Waals surface area contributed by atoms with Gasteiger partial charge in [-0.25, -0.2) is 0 Å². The lowest BCUT2D eigenvalue weighted by Gasteiger charge is -2.36. The number of methoxy groups -OCH3 is 1. The van der Waals surface area contributed by atoms with Crippen LogP contribution in [0.25, 0.3) is 0 Å². The molecule has 0 radical (unpaired) electrons. The average molecular weight is 355 g/mol. The van der Waals surface area contributed by atoms with Gasteiger partial charge in [-0.05, 0) is 48.7 Å². The molecule has 3 rings (SSSR count). The maximum atomic E-state index is 10.8. The lowest BCUT2D eigenvalue weighted by molar-refractivity contribution is -0.384. The minimum Gasteiger partial charge on any atom is -0.496 e. The molecule has 0 amide bonds. The number of piperazine rings is 1. The van der Waals surface area contributed by atoms with Crippen LogP contribution in [-0.4, -0.2) is 43.1 Å². The standard InChI is InChI=1S/C20H25N3O3/c1-15-13-20(26-3)16(2)12-17(15)14-21-8-10-22(11-9-21)18-4-6-19(7-5-18)23(24)25/h4-7,12-13H,8-11,14H2,1-3H3. The Labute approximate surface area is 154 Å². The highest BCUT2D eigenvalue weighted by Crippen LogP contribution is 2.25. The molecule has 1 aliphatic rings. The number of nitro benzene ring substituents is 1. The minimum atomic E-state index is -0.360. The molecule has 1 saturated heterocycles. The number of anilines is 1. The van der Waals surface area contributed by atoms with Crippen LogP contribution >= 0.6 is 0 Å². The van der Waals surface area contributed by atoms with Gasteiger partial charge in [0, 0.05) is 50.5 Å². The van der Waals surface area contributed by atoms with Crippen LogP contribution in [0.3, 0.4) is 0 Å². The number of hydrogen-bond donors (Lipinski definition) is 0. The second kappa shape index (κ2) is 7.74. The average Bonchev–Trinajstić information content (AvgIpc) is 2.65. The molecule has 0 bridgehead atoms. The number of ether oxygens (including phenoxy) is 1. The minimum absolute atomic E-state index is 0.137. The van der Waals surface area contributed by atoms with E-state index in [-0.39, 0.29) is 10.6 Å². The van der Waals surface area contributed by atoms with E-state index in [9.17, 15) is 10.1 Å². The maximum Gasteiger partial charge on any atom is 0.269 e. The largest absolute Gasteiger partial charge is 0.496 e. The molecular weight excluding hydrogens is 330 g/mol. The summed E-state index contributed by atoms with van der Waals surface area (Å²) in [4.78, 5) is 15.2. The van der Waals surface area contributed by atoms with Crippen molar-refractivity contribution in [2.75, 3.05) is 38.2 Å². The number of benzene rings is 2. The van der Waals surface area contributed by atoms with Gasteiger partial charge in [0.15, 0.2) is 0 Å². The summed E-state index contributed by atoms with van der Waals surface area (Å²) in [5, 5.41) is 10.8. The molecule has 2 aromatic rings. The van der Waals surface area contributed by atoms with E-state index >= 15 is 0 Å². The zero-order valence-electron chi connectivity index (χ0n) is 15.6. The van der Waals surface area contributed by atoms with Gasteiger partial charge in [-0.2, -0.15) is 0 Å².